The number of nitrogens with zero attached hydrogens (tertiary/aromatic N) is 3. The van der Waals surface area contributed by atoms with E-state index in [1.165, 1.54) is 12.8 Å². The van der Waals surface area contributed by atoms with Crippen LogP contribution in [0.1, 0.15) is 18.4 Å². The van der Waals surface area contributed by atoms with Crippen molar-refractivity contribution < 1.29 is 4.79 Å². The van der Waals surface area contributed by atoms with E-state index in [2.05, 4.69) is 9.88 Å². The van der Waals surface area contributed by atoms with E-state index in [0.29, 0.717) is 11.4 Å². The van der Waals surface area contributed by atoms with Crippen LogP contribution in [0, 0.1) is 0 Å². The lowest BCUT2D eigenvalue weighted by Gasteiger charge is -2.22. The lowest BCUT2D eigenvalue weighted by atomic mass is 10.2. The quantitative estimate of drug-likeness (QED) is 0.798. The molecule has 3 rings (SSSR count). The van der Waals surface area contributed by atoms with Gasteiger partial charge >= 0.3 is 0 Å². The summed E-state index contributed by atoms with van der Waals surface area (Å²) >= 11 is 6.22. The lowest BCUT2D eigenvalue weighted by molar-refractivity contribution is -0.107. The standard InChI is InChI=1S/C13H14ClN3O/c14-11-7-10(3-6-18)13(16-4-1-2-5-16)17-9-15-8-12(11)17/h6-9H,1-5H2. The minimum absolute atomic E-state index is 0.389. The second-order valence-corrected chi connectivity index (χ2v) is 4.96. The minimum Gasteiger partial charge on any atom is -0.357 e. The third-order valence-electron chi connectivity index (χ3n) is 3.41. The summed E-state index contributed by atoms with van der Waals surface area (Å²) in [5, 5.41) is 0.646. The van der Waals surface area contributed by atoms with E-state index in [4.69, 9.17) is 11.6 Å². The molecule has 0 aliphatic carbocycles. The SMILES string of the molecule is O=CCc1cc(Cl)c2cncn2c1N1CCCC1. The van der Waals surface area contributed by atoms with Crippen molar-refractivity contribution in [3.05, 3.63) is 29.2 Å². The zero-order valence-electron chi connectivity index (χ0n) is 9.97. The van der Waals surface area contributed by atoms with Gasteiger partial charge in [0.25, 0.3) is 0 Å². The first-order valence-corrected chi connectivity index (χ1v) is 6.51. The molecule has 1 fully saturated rings. The largest absolute Gasteiger partial charge is 0.357 e. The van der Waals surface area contributed by atoms with Crippen LogP contribution in [0.25, 0.3) is 5.52 Å². The molecule has 1 aliphatic heterocycles. The van der Waals surface area contributed by atoms with Crippen molar-refractivity contribution in [2.75, 3.05) is 18.0 Å². The summed E-state index contributed by atoms with van der Waals surface area (Å²) in [6.07, 6.45) is 7.22. The summed E-state index contributed by atoms with van der Waals surface area (Å²) < 4.78 is 1.99. The Balaban J connectivity index is 2.23. The maximum absolute atomic E-state index is 10.8. The smallest absolute Gasteiger partial charge is 0.124 e. The van der Waals surface area contributed by atoms with E-state index >= 15 is 0 Å². The predicted molar refractivity (Wildman–Crippen MR) is 71.4 cm³/mol. The Bertz CT molecular complexity index is 587. The summed E-state index contributed by atoms with van der Waals surface area (Å²) in [7, 11) is 0. The van der Waals surface area contributed by atoms with E-state index in [0.717, 1.165) is 36.3 Å². The molecular formula is C13H14ClN3O. The summed E-state index contributed by atoms with van der Waals surface area (Å²) in [5.74, 6) is 1.07. The topological polar surface area (TPSA) is 37.6 Å². The molecule has 3 heterocycles. The van der Waals surface area contributed by atoms with Gasteiger partial charge in [0.15, 0.2) is 0 Å². The van der Waals surface area contributed by atoms with Crippen molar-refractivity contribution in [3.8, 4) is 0 Å². The average Bonchev–Trinajstić information content (AvgIpc) is 2.99. The first-order chi connectivity index (χ1) is 8.81. The number of imidazole rings is 1. The number of aromatic nitrogens is 2. The van der Waals surface area contributed by atoms with E-state index in [1.54, 1.807) is 12.5 Å². The molecule has 0 amide bonds. The van der Waals surface area contributed by atoms with Gasteiger partial charge in [-0.25, -0.2) is 4.98 Å². The molecule has 94 valence electrons. The van der Waals surface area contributed by atoms with E-state index in [-0.39, 0.29) is 0 Å². The van der Waals surface area contributed by atoms with Gasteiger partial charge in [0.2, 0.25) is 0 Å². The predicted octanol–water partition coefficient (Wildman–Crippen LogP) is 2.33. The molecule has 1 aliphatic rings. The van der Waals surface area contributed by atoms with Crippen molar-refractivity contribution in [3.63, 3.8) is 0 Å². The highest BCUT2D eigenvalue weighted by molar-refractivity contribution is 6.34. The fourth-order valence-corrected chi connectivity index (χ4v) is 2.88. The molecule has 5 heteroatoms. The Kier molecular flexibility index (Phi) is 2.96. The molecule has 0 saturated carbocycles. The van der Waals surface area contributed by atoms with Gasteiger partial charge in [0.1, 0.15) is 18.4 Å². The number of aldehydes is 1. The number of rotatable bonds is 3. The number of hydrogen-bond donors (Lipinski definition) is 0. The van der Waals surface area contributed by atoms with E-state index < -0.39 is 0 Å². The summed E-state index contributed by atoms with van der Waals surface area (Å²) in [6, 6.07) is 1.89. The van der Waals surface area contributed by atoms with Crippen LogP contribution in [0.4, 0.5) is 5.82 Å². The third-order valence-corrected chi connectivity index (χ3v) is 3.71. The maximum Gasteiger partial charge on any atom is 0.124 e. The summed E-state index contributed by atoms with van der Waals surface area (Å²) in [6.45, 7) is 2.06. The highest BCUT2D eigenvalue weighted by Gasteiger charge is 2.20. The number of pyridine rings is 1. The number of fused-ring (bicyclic) bond motifs is 1. The fourth-order valence-electron chi connectivity index (χ4n) is 2.61. The highest BCUT2D eigenvalue weighted by Crippen LogP contribution is 2.30. The zero-order valence-corrected chi connectivity index (χ0v) is 10.7. The number of hydrogen-bond acceptors (Lipinski definition) is 3. The number of anilines is 1. The molecule has 0 spiro atoms. The number of carbonyl (C=O) groups is 1. The Labute approximate surface area is 110 Å². The van der Waals surface area contributed by atoms with Crippen molar-refractivity contribution in [1.82, 2.24) is 9.38 Å². The summed E-state index contributed by atoms with van der Waals surface area (Å²) in [4.78, 5) is 17.3. The van der Waals surface area contributed by atoms with Crippen LogP contribution in [-0.2, 0) is 11.2 Å². The molecule has 0 radical (unpaired) electrons. The Morgan fingerprint density at radius 3 is 2.89 bits per heavy atom. The van der Waals surface area contributed by atoms with Gasteiger partial charge in [-0.1, -0.05) is 11.6 Å². The van der Waals surface area contributed by atoms with Gasteiger partial charge in [0, 0.05) is 25.1 Å². The van der Waals surface area contributed by atoms with Crippen LogP contribution < -0.4 is 4.90 Å². The monoisotopic (exact) mass is 263 g/mol. The van der Waals surface area contributed by atoms with Crippen LogP contribution >= 0.6 is 11.6 Å². The maximum atomic E-state index is 10.8. The van der Waals surface area contributed by atoms with Crippen molar-refractivity contribution in [2.45, 2.75) is 19.3 Å². The Morgan fingerprint density at radius 2 is 2.17 bits per heavy atom. The van der Waals surface area contributed by atoms with Gasteiger partial charge in [-0.15, -0.1) is 0 Å². The molecule has 18 heavy (non-hydrogen) atoms. The summed E-state index contributed by atoms with van der Waals surface area (Å²) in [5.41, 5.74) is 1.87. The lowest BCUT2D eigenvalue weighted by Crippen LogP contribution is -2.22. The minimum atomic E-state index is 0.389. The van der Waals surface area contributed by atoms with Crippen LogP contribution in [0.3, 0.4) is 0 Å². The third kappa shape index (κ3) is 1.77. The van der Waals surface area contributed by atoms with Crippen LogP contribution in [-0.4, -0.2) is 28.8 Å². The first kappa shape index (κ1) is 11.5. The molecule has 0 bridgehead atoms. The van der Waals surface area contributed by atoms with Gasteiger partial charge in [0.05, 0.1) is 16.7 Å². The number of carbonyl (C=O) groups excluding carboxylic acids is 1. The van der Waals surface area contributed by atoms with Crippen molar-refractivity contribution in [1.29, 1.82) is 0 Å². The second kappa shape index (κ2) is 4.61. The van der Waals surface area contributed by atoms with Gasteiger partial charge < -0.3 is 9.69 Å². The molecular weight excluding hydrogens is 250 g/mol. The van der Waals surface area contributed by atoms with Crippen LogP contribution in [0.5, 0.6) is 0 Å². The molecule has 0 atom stereocenters. The molecule has 1 saturated heterocycles. The fraction of sp³-hybridized carbons (Fsp3) is 0.385. The average molecular weight is 264 g/mol. The molecule has 2 aromatic heterocycles. The van der Waals surface area contributed by atoms with Crippen LogP contribution in [0.2, 0.25) is 5.02 Å². The molecule has 4 nitrogen and oxygen atoms in total. The van der Waals surface area contributed by atoms with E-state index in [9.17, 15) is 4.79 Å². The normalized spacial score (nSPS) is 15.5. The molecule has 0 N–H and O–H groups in total. The van der Waals surface area contributed by atoms with Crippen LogP contribution in [0.15, 0.2) is 18.6 Å². The van der Waals surface area contributed by atoms with Crippen molar-refractivity contribution >= 4 is 29.2 Å². The Morgan fingerprint density at radius 1 is 1.39 bits per heavy atom. The molecule has 2 aromatic rings. The zero-order chi connectivity index (χ0) is 12.5. The molecule has 0 unspecified atom stereocenters. The van der Waals surface area contributed by atoms with Gasteiger partial charge in [-0.2, -0.15) is 0 Å². The Hall–Kier alpha value is -1.55. The van der Waals surface area contributed by atoms with Crippen molar-refractivity contribution in [2.24, 2.45) is 0 Å². The molecule has 0 aromatic carbocycles. The first-order valence-electron chi connectivity index (χ1n) is 6.13. The highest BCUT2D eigenvalue weighted by atomic mass is 35.5. The number of halogens is 1. The van der Waals surface area contributed by atoms with Gasteiger partial charge in [-0.3, -0.25) is 4.40 Å². The second-order valence-electron chi connectivity index (χ2n) is 4.55. The van der Waals surface area contributed by atoms with E-state index in [1.807, 2.05) is 10.5 Å². The van der Waals surface area contributed by atoms with Gasteiger partial charge in [-0.05, 0) is 18.9 Å².